The minimum absolute atomic E-state index is 0.314. The molecule has 1 unspecified atom stereocenters. The van der Waals surface area contributed by atoms with Crippen LogP contribution in [0.2, 0.25) is 0 Å². The lowest BCUT2D eigenvalue weighted by Crippen LogP contribution is -2.33. The molecule has 0 radical (unpaired) electrons. The summed E-state index contributed by atoms with van der Waals surface area (Å²) < 4.78 is 2.82. The van der Waals surface area contributed by atoms with E-state index in [1.807, 2.05) is 38.1 Å². The summed E-state index contributed by atoms with van der Waals surface area (Å²) in [6, 6.07) is 13.2. The van der Waals surface area contributed by atoms with Crippen LogP contribution in [-0.2, 0) is 4.79 Å². The number of benzene rings is 1. The van der Waals surface area contributed by atoms with Gasteiger partial charge in [0.05, 0.1) is 5.69 Å². The average molecular weight is 337 g/mol. The first-order valence-corrected chi connectivity index (χ1v) is 7.95. The third kappa shape index (κ3) is 3.50. The number of amides is 1. The minimum atomic E-state index is -0.760. The second kappa shape index (κ2) is 6.72. The van der Waals surface area contributed by atoms with E-state index in [2.05, 4.69) is 15.5 Å². The van der Waals surface area contributed by atoms with E-state index in [1.54, 1.807) is 29.8 Å². The Balaban J connectivity index is 1.91. The highest BCUT2D eigenvalue weighted by Gasteiger charge is 2.18. The number of rotatable bonds is 4. The molecule has 0 spiro atoms. The third-order valence-corrected chi connectivity index (χ3v) is 3.83. The van der Waals surface area contributed by atoms with Crippen LogP contribution in [0.15, 0.2) is 53.3 Å². The van der Waals surface area contributed by atoms with E-state index in [-0.39, 0.29) is 11.5 Å². The van der Waals surface area contributed by atoms with Crippen LogP contribution >= 0.6 is 0 Å². The standard InChI is InChI=1S/C18H19N5O2/c1-12-11-13(2)22(20-12)16-9-10-17(24)23(21-16)14(3)18(25)19-15-7-5-4-6-8-15/h4-11,14H,1-3H3,(H,19,25). The fourth-order valence-corrected chi connectivity index (χ4v) is 2.55. The van der Waals surface area contributed by atoms with Crippen molar-refractivity contribution in [3.8, 4) is 5.82 Å². The Hall–Kier alpha value is -3.22. The van der Waals surface area contributed by atoms with E-state index >= 15 is 0 Å². The molecule has 1 aromatic carbocycles. The van der Waals surface area contributed by atoms with Gasteiger partial charge in [0.2, 0.25) is 5.91 Å². The second-order valence-corrected chi connectivity index (χ2v) is 5.84. The molecule has 1 N–H and O–H groups in total. The molecule has 0 saturated heterocycles. The van der Waals surface area contributed by atoms with Gasteiger partial charge in [0.15, 0.2) is 5.82 Å². The van der Waals surface area contributed by atoms with Gasteiger partial charge in [0.25, 0.3) is 5.56 Å². The zero-order valence-electron chi connectivity index (χ0n) is 14.3. The summed E-state index contributed by atoms with van der Waals surface area (Å²) in [7, 11) is 0. The molecule has 7 nitrogen and oxygen atoms in total. The van der Waals surface area contributed by atoms with Crippen LogP contribution in [0.3, 0.4) is 0 Å². The van der Waals surface area contributed by atoms with Gasteiger partial charge in [-0.3, -0.25) is 9.59 Å². The minimum Gasteiger partial charge on any atom is -0.324 e. The molecular formula is C18H19N5O2. The van der Waals surface area contributed by atoms with Crippen LogP contribution in [0, 0.1) is 13.8 Å². The van der Waals surface area contributed by atoms with Gasteiger partial charge in [-0.05, 0) is 45.0 Å². The Labute approximate surface area is 144 Å². The Morgan fingerprint density at radius 3 is 2.44 bits per heavy atom. The molecular weight excluding hydrogens is 318 g/mol. The SMILES string of the molecule is Cc1cc(C)n(-c2ccc(=O)n(C(C)C(=O)Nc3ccccc3)n2)n1. The molecule has 0 aliphatic heterocycles. The summed E-state index contributed by atoms with van der Waals surface area (Å²) in [6.07, 6.45) is 0. The van der Waals surface area contributed by atoms with E-state index in [1.165, 1.54) is 10.7 Å². The fraction of sp³-hybridized carbons (Fsp3) is 0.222. The molecule has 0 bridgehead atoms. The fourth-order valence-electron chi connectivity index (χ4n) is 2.55. The first-order valence-electron chi connectivity index (χ1n) is 7.95. The van der Waals surface area contributed by atoms with Crippen molar-refractivity contribution in [2.75, 3.05) is 5.32 Å². The third-order valence-electron chi connectivity index (χ3n) is 3.83. The molecule has 1 atom stereocenters. The molecule has 1 amide bonds. The predicted octanol–water partition coefficient (Wildman–Crippen LogP) is 2.25. The molecule has 0 saturated carbocycles. The van der Waals surface area contributed by atoms with Gasteiger partial charge < -0.3 is 5.32 Å². The molecule has 7 heteroatoms. The molecule has 2 heterocycles. The Morgan fingerprint density at radius 2 is 1.80 bits per heavy atom. The molecule has 0 aliphatic rings. The second-order valence-electron chi connectivity index (χ2n) is 5.84. The van der Waals surface area contributed by atoms with Crippen LogP contribution < -0.4 is 10.9 Å². The van der Waals surface area contributed by atoms with Crippen LogP contribution in [0.25, 0.3) is 5.82 Å². The molecule has 0 aliphatic carbocycles. The molecule has 2 aromatic heterocycles. The summed E-state index contributed by atoms with van der Waals surface area (Å²) in [5.74, 6) is 0.177. The van der Waals surface area contributed by atoms with Gasteiger partial charge in [-0.1, -0.05) is 18.2 Å². The maximum atomic E-state index is 12.5. The van der Waals surface area contributed by atoms with Gasteiger partial charge >= 0.3 is 0 Å². The van der Waals surface area contributed by atoms with Gasteiger partial charge in [0, 0.05) is 17.4 Å². The largest absolute Gasteiger partial charge is 0.324 e. The van der Waals surface area contributed by atoms with Crippen LogP contribution in [0.5, 0.6) is 0 Å². The smallest absolute Gasteiger partial charge is 0.267 e. The van der Waals surface area contributed by atoms with Crippen molar-refractivity contribution in [2.24, 2.45) is 0 Å². The maximum absolute atomic E-state index is 12.5. The first-order chi connectivity index (χ1) is 12.0. The highest BCUT2D eigenvalue weighted by molar-refractivity contribution is 5.93. The molecule has 128 valence electrons. The summed E-state index contributed by atoms with van der Waals surface area (Å²) >= 11 is 0. The van der Waals surface area contributed by atoms with Gasteiger partial charge in [-0.25, -0.2) is 9.36 Å². The van der Waals surface area contributed by atoms with Crippen LogP contribution in [0.1, 0.15) is 24.4 Å². The number of hydrogen-bond acceptors (Lipinski definition) is 4. The number of carbonyl (C=O) groups excluding carboxylic acids is 1. The maximum Gasteiger partial charge on any atom is 0.267 e. The number of nitrogens with one attached hydrogen (secondary N) is 1. The van der Waals surface area contributed by atoms with Crippen molar-refractivity contribution in [1.29, 1.82) is 0 Å². The van der Waals surface area contributed by atoms with E-state index in [0.717, 1.165) is 11.4 Å². The van der Waals surface area contributed by atoms with E-state index in [4.69, 9.17) is 0 Å². The summed E-state index contributed by atoms with van der Waals surface area (Å²) in [5.41, 5.74) is 2.08. The topological polar surface area (TPSA) is 81.8 Å². The number of hydrogen-bond donors (Lipinski definition) is 1. The zero-order chi connectivity index (χ0) is 18.0. The number of para-hydroxylation sites is 1. The molecule has 3 aromatic rings. The lowest BCUT2D eigenvalue weighted by atomic mass is 10.2. The van der Waals surface area contributed by atoms with Gasteiger partial charge in [-0.15, -0.1) is 5.10 Å². The quantitative estimate of drug-likeness (QED) is 0.791. The average Bonchev–Trinajstić information content (AvgIpc) is 2.94. The summed E-state index contributed by atoms with van der Waals surface area (Å²) in [4.78, 5) is 24.6. The van der Waals surface area contributed by atoms with Gasteiger partial charge in [-0.2, -0.15) is 5.10 Å². The van der Waals surface area contributed by atoms with E-state index in [0.29, 0.717) is 11.5 Å². The Bertz CT molecular complexity index is 959. The zero-order valence-corrected chi connectivity index (χ0v) is 14.3. The van der Waals surface area contributed by atoms with Crippen molar-refractivity contribution in [2.45, 2.75) is 26.8 Å². The number of aromatic nitrogens is 4. The number of anilines is 1. The summed E-state index contributed by atoms with van der Waals surface area (Å²) in [5, 5.41) is 11.5. The Morgan fingerprint density at radius 1 is 1.08 bits per heavy atom. The van der Waals surface area contributed by atoms with Crippen LogP contribution in [0.4, 0.5) is 5.69 Å². The molecule has 3 rings (SSSR count). The van der Waals surface area contributed by atoms with Crippen molar-refractivity contribution in [3.05, 3.63) is 70.3 Å². The molecule has 0 fully saturated rings. The summed E-state index contributed by atoms with van der Waals surface area (Å²) in [6.45, 7) is 5.43. The Kier molecular flexibility index (Phi) is 4.47. The normalized spacial score (nSPS) is 12.0. The molecule has 25 heavy (non-hydrogen) atoms. The lowest BCUT2D eigenvalue weighted by Gasteiger charge is -2.15. The van der Waals surface area contributed by atoms with Crippen molar-refractivity contribution in [3.63, 3.8) is 0 Å². The highest BCUT2D eigenvalue weighted by Crippen LogP contribution is 2.12. The first kappa shape index (κ1) is 16.6. The highest BCUT2D eigenvalue weighted by atomic mass is 16.2. The van der Waals surface area contributed by atoms with Crippen molar-refractivity contribution >= 4 is 11.6 Å². The van der Waals surface area contributed by atoms with E-state index < -0.39 is 6.04 Å². The number of aryl methyl sites for hydroxylation is 2. The van der Waals surface area contributed by atoms with Crippen molar-refractivity contribution in [1.82, 2.24) is 19.6 Å². The predicted molar refractivity (Wildman–Crippen MR) is 94.9 cm³/mol. The number of nitrogens with zero attached hydrogens (tertiary/aromatic N) is 4. The van der Waals surface area contributed by atoms with Crippen molar-refractivity contribution < 1.29 is 4.79 Å². The number of carbonyl (C=O) groups is 1. The van der Waals surface area contributed by atoms with Crippen LogP contribution in [-0.4, -0.2) is 25.5 Å². The lowest BCUT2D eigenvalue weighted by molar-refractivity contribution is -0.119. The van der Waals surface area contributed by atoms with E-state index in [9.17, 15) is 9.59 Å². The monoisotopic (exact) mass is 337 g/mol. The van der Waals surface area contributed by atoms with Gasteiger partial charge in [0.1, 0.15) is 6.04 Å².